The molecule has 4 heteroatoms. The Morgan fingerprint density at radius 3 is 2.86 bits per heavy atom. The Balaban J connectivity index is 2.85. The van der Waals surface area contributed by atoms with Gasteiger partial charge in [-0.1, -0.05) is 18.2 Å². The number of rotatable bonds is 1. The summed E-state index contributed by atoms with van der Waals surface area (Å²) >= 11 is 3.39. The van der Waals surface area contributed by atoms with Crippen molar-refractivity contribution >= 4 is 26.8 Å². The van der Waals surface area contributed by atoms with Crippen LogP contribution >= 0.6 is 15.9 Å². The minimum Gasteiger partial charge on any atom is -0.389 e. The van der Waals surface area contributed by atoms with Crippen molar-refractivity contribution in [1.82, 2.24) is 9.78 Å². The molecule has 0 aliphatic carbocycles. The van der Waals surface area contributed by atoms with Gasteiger partial charge in [-0.3, -0.25) is 4.68 Å². The second kappa shape index (κ2) is 3.37. The summed E-state index contributed by atoms with van der Waals surface area (Å²) in [4.78, 5) is 0. The van der Waals surface area contributed by atoms with Gasteiger partial charge < -0.3 is 5.11 Å². The van der Waals surface area contributed by atoms with Gasteiger partial charge in [0.2, 0.25) is 0 Å². The highest BCUT2D eigenvalue weighted by molar-refractivity contribution is 9.10. The molecule has 74 valence electrons. The third kappa shape index (κ3) is 1.35. The number of aliphatic hydroxyl groups is 1. The summed E-state index contributed by atoms with van der Waals surface area (Å²) in [5, 5.41) is 14.9. The molecule has 14 heavy (non-hydrogen) atoms. The van der Waals surface area contributed by atoms with Gasteiger partial charge in [-0.05, 0) is 22.9 Å². The molecule has 0 aliphatic heterocycles. The maximum atomic E-state index is 9.60. The standard InChI is InChI=1S/C10H11BrN2O/c1-6(14)7-4-3-5-8-9(7)13(2)12-10(8)11/h3-6,14H,1-2H3. The number of aromatic nitrogens is 2. The van der Waals surface area contributed by atoms with Crippen molar-refractivity contribution in [2.24, 2.45) is 7.05 Å². The van der Waals surface area contributed by atoms with Crippen LogP contribution in [-0.2, 0) is 7.05 Å². The van der Waals surface area contributed by atoms with E-state index >= 15 is 0 Å². The zero-order valence-corrected chi connectivity index (χ0v) is 9.62. The fourth-order valence-corrected chi connectivity index (χ4v) is 2.22. The van der Waals surface area contributed by atoms with Gasteiger partial charge in [-0.25, -0.2) is 0 Å². The quantitative estimate of drug-likeness (QED) is 0.849. The van der Waals surface area contributed by atoms with Crippen LogP contribution in [0.4, 0.5) is 0 Å². The van der Waals surface area contributed by atoms with Crippen LogP contribution in [0.3, 0.4) is 0 Å². The summed E-state index contributed by atoms with van der Waals surface area (Å²) in [7, 11) is 1.87. The van der Waals surface area contributed by atoms with Gasteiger partial charge in [0.05, 0.1) is 11.6 Å². The first-order chi connectivity index (χ1) is 6.61. The molecule has 0 fully saturated rings. The monoisotopic (exact) mass is 254 g/mol. The summed E-state index contributed by atoms with van der Waals surface area (Å²) in [5.41, 5.74) is 1.89. The van der Waals surface area contributed by atoms with Crippen molar-refractivity contribution in [3.63, 3.8) is 0 Å². The molecule has 1 N–H and O–H groups in total. The molecule has 0 spiro atoms. The van der Waals surface area contributed by atoms with Crippen LogP contribution in [-0.4, -0.2) is 14.9 Å². The largest absolute Gasteiger partial charge is 0.389 e. The lowest BCUT2D eigenvalue weighted by Crippen LogP contribution is -1.97. The van der Waals surface area contributed by atoms with E-state index in [1.165, 1.54) is 0 Å². The van der Waals surface area contributed by atoms with E-state index in [-0.39, 0.29) is 0 Å². The lowest BCUT2D eigenvalue weighted by atomic mass is 10.1. The van der Waals surface area contributed by atoms with E-state index in [9.17, 15) is 5.11 Å². The van der Waals surface area contributed by atoms with E-state index in [0.717, 1.165) is 21.1 Å². The molecule has 3 nitrogen and oxygen atoms in total. The minimum atomic E-state index is -0.471. The molecule has 0 radical (unpaired) electrons. The smallest absolute Gasteiger partial charge is 0.135 e. The molecule has 1 heterocycles. The van der Waals surface area contributed by atoms with E-state index in [4.69, 9.17) is 0 Å². The molecular formula is C10H11BrN2O. The van der Waals surface area contributed by atoms with Gasteiger partial charge in [0.1, 0.15) is 4.60 Å². The zero-order chi connectivity index (χ0) is 10.3. The molecule has 0 saturated carbocycles. The molecule has 0 amide bonds. The van der Waals surface area contributed by atoms with Crippen molar-refractivity contribution in [2.75, 3.05) is 0 Å². The van der Waals surface area contributed by atoms with Gasteiger partial charge in [-0.2, -0.15) is 5.10 Å². The molecule has 0 bridgehead atoms. The Bertz CT molecular complexity index is 476. The lowest BCUT2D eigenvalue weighted by Gasteiger charge is -2.06. The number of aliphatic hydroxyl groups excluding tert-OH is 1. The van der Waals surface area contributed by atoms with E-state index in [0.29, 0.717) is 0 Å². The number of halogens is 1. The highest BCUT2D eigenvalue weighted by Crippen LogP contribution is 2.28. The van der Waals surface area contributed by atoms with Gasteiger partial charge in [0.25, 0.3) is 0 Å². The maximum Gasteiger partial charge on any atom is 0.135 e. The summed E-state index contributed by atoms with van der Waals surface area (Å²) in [6.07, 6.45) is -0.471. The van der Waals surface area contributed by atoms with E-state index in [2.05, 4.69) is 21.0 Å². The number of hydrogen-bond acceptors (Lipinski definition) is 2. The zero-order valence-electron chi connectivity index (χ0n) is 8.03. The predicted molar refractivity (Wildman–Crippen MR) is 59.0 cm³/mol. The number of nitrogens with zero attached hydrogens (tertiary/aromatic N) is 2. The topological polar surface area (TPSA) is 38.1 Å². The summed E-state index contributed by atoms with van der Waals surface area (Å²) in [5.74, 6) is 0. The molecule has 1 aromatic heterocycles. The molecule has 0 aliphatic rings. The van der Waals surface area contributed by atoms with Gasteiger partial charge >= 0.3 is 0 Å². The molecular weight excluding hydrogens is 244 g/mol. The number of para-hydroxylation sites is 1. The molecule has 2 rings (SSSR count). The SMILES string of the molecule is CC(O)c1cccc2c(Br)nn(C)c12. The Hall–Kier alpha value is -0.870. The van der Waals surface area contributed by atoms with Crippen molar-refractivity contribution in [3.8, 4) is 0 Å². The van der Waals surface area contributed by atoms with E-state index < -0.39 is 6.10 Å². The van der Waals surface area contributed by atoms with Crippen LogP contribution < -0.4 is 0 Å². The Labute approximate surface area is 90.5 Å². The third-order valence-electron chi connectivity index (χ3n) is 2.30. The van der Waals surface area contributed by atoms with Gasteiger partial charge in [0.15, 0.2) is 0 Å². The van der Waals surface area contributed by atoms with Crippen molar-refractivity contribution in [1.29, 1.82) is 0 Å². The molecule has 0 saturated heterocycles. The highest BCUT2D eigenvalue weighted by Gasteiger charge is 2.12. The van der Waals surface area contributed by atoms with Gasteiger partial charge in [0, 0.05) is 18.0 Å². The predicted octanol–water partition coefficient (Wildman–Crippen LogP) is 2.39. The minimum absolute atomic E-state index is 0.471. The Morgan fingerprint density at radius 1 is 1.50 bits per heavy atom. The van der Waals surface area contributed by atoms with Crippen LogP contribution in [0, 0.1) is 0 Å². The fourth-order valence-electron chi connectivity index (χ4n) is 1.66. The van der Waals surface area contributed by atoms with Crippen molar-refractivity contribution in [2.45, 2.75) is 13.0 Å². The number of aryl methyl sites for hydroxylation is 1. The normalized spacial score (nSPS) is 13.4. The van der Waals surface area contributed by atoms with Crippen LogP contribution in [0.15, 0.2) is 22.8 Å². The number of hydrogen-bond donors (Lipinski definition) is 1. The summed E-state index contributed by atoms with van der Waals surface area (Å²) in [6.45, 7) is 1.76. The first-order valence-corrected chi connectivity index (χ1v) is 5.19. The Morgan fingerprint density at radius 2 is 2.21 bits per heavy atom. The van der Waals surface area contributed by atoms with Crippen LogP contribution in [0.1, 0.15) is 18.6 Å². The van der Waals surface area contributed by atoms with E-state index in [1.54, 1.807) is 11.6 Å². The molecule has 1 atom stereocenters. The number of fused-ring (bicyclic) bond motifs is 1. The summed E-state index contributed by atoms with van der Waals surface area (Å²) in [6, 6.07) is 5.83. The number of benzene rings is 1. The first-order valence-electron chi connectivity index (χ1n) is 4.40. The fraction of sp³-hybridized carbons (Fsp3) is 0.300. The maximum absolute atomic E-state index is 9.60. The average molecular weight is 255 g/mol. The summed E-state index contributed by atoms with van der Waals surface area (Å²) < 4.78 is 2.60. The van der Waals surface area contributed by atoms with Crippen molar-refractivity contribution in [3.05, 3.63) is 28.4 Å². The second-order valence-corrected chi connectivity index (χ2v) is 4.08. The van der Waals surface area contributed by atoms with Gasteiger partial charge in [-0.15, -0.1) is 0 Å². The Kier molecular flexibility index (Phi) is 2.33. The molecule has 1 unspecified atom stereocenters. The van der Waals surface area contributed by atoms with Crippen LogP contribution in [0.2, 0.25) is 0 Å². The molecule has 1 aromatic carbocycles. The lowest BCUT2D eigenvalue weighted by molar-refractivity contribution is 0.200. The molecule has 2 aromatic rings. The first kappa shape index (κ1) is 9.68. The van der Waals surface area contributed by atoms with E-state index in [1.807, 2.05) is 25.2 Å². The van der Waals surface area contributed by atoms with Crippen molar-refractivity contribution < 1.29 is 5.11 Å². The second-order valence-electron chi connectivity index (χ2n) is 3.33. The highest BCUT2D eigenvalue weighted by atomic mass is 79.9. The van der Waals surface area contributed by atoms with Crippen LogP contribution in [0.25, 0.3) is 10.9 Å². The third-order valence-corrected chi connectivity index (χ3v) is 2.89. The van der Waals surface area contributed by atoms with Crippen LogP contribution in [0.5, 0.6) is 0 Å². The average Bonchev–Trinajstić information content (AvgIpc) is 2.43.